The van der Waals surface area contributed by atoms with Crippen molar-refractivity contribution in [2.75, 3.05) is 4.90 Å². The highest BCUT2D eigenvalue weighted by molar-refractivity contribution is 5.83. The van der Waals surface area contributed by atoms with Crippen LogP contribution in [0.15, 0.2) is 118 Å². The molecule has 0 unspecified atom stereocenters. The highest BCUT2D eigenvalue weighted by atomic mass is 16.4. The Balaban J connectivity index is 1.60. The predicted octanol–water partition coefficient (Wildman–Crippen LogP) is 6.64. The van der Waals surface area contributed by atoms with Crippen molar-refractivity contribution in [3.8, 4) is 17.1 Å². The fourth-order valence-corrected chi connectivity index (χ4v) is 3.69. The van der Waals surface area contributed by atoms with Crippen LogP contribution in [0.25, 0.3) is 22.3 Å². The molecule has 0 amide bonds. The minimum atomic E-state index is -0.434. The van der Waals surface area contributed by atoms with Crippen molar-refractivity contribution in [3.63, 3.8) is 0 Å². The first kappa shape index (κ1) is 18.7. The summed E-state index contributed by atoms with van der Waals surface area (Å²) in [5, 5.41) is 10.8. The van der Waals surface area contributed by atoms with Gasteiger partial charge in [-0.05, 0) is 60.7 Å². The fraction of sp³-hybridized carbons (Fsp3) is 0. The van der Waals surface area contributed by atoms with Crippen molar-refractivity contribution < 1.29 is 9.52 Å². The zero-order valence-electron chi connectivity index (χ0n) is 16.6. The van der Waals surface area contributed by atoms with Crippen LogP contribution >= 0.6 is 0 Å². The lowest BCUT2D eigenvalue weighted by atomic mass is 10.1. The molecule has 0 aliphatic heterocycles. The highest BCUT2D eigenvalue weighted by Crippen LogP contribution is 2.36. The van der Waals surface area contributed by atoms with E-state index in [1.165, 1.54) is 0 Å². The molecule has 31 heavy (non-hydrogen) atoms. The molecule has 1 heterocycles. The molecule has 0 atom stereocenters. The normalized spacial score (nSPS) is 10.8. The third kappa shape index (κ3) is 3.45. The van der Waals surface area contributed by atoms with Crippen LogP contribution in [0, 0.1) is 0 Å². The number of anilines is 3. The van der Waals surface area contributed by atoms with Gasteiger partial charge in [0.15, 0.2) is 5.76 Å². The Morgan fingerprint density at radius 2 is 1.13 bits per heavy atom. The third-order valence-corrected chi connectivity index (χ3v) is 5.19. The van der Waals surface area contributed by atoms with Crippen LogP contribution in [-0.2, 0) is 0 Å². The molecular weight excluding hydrogens is 386 g/mol. The van der Waals surface area contributed by atoms with Crippen molar-refractivity contribution in [3.05, 3.63) is 119 Å². The summed E-state index contributed by atoms with van der Waals surface area (Å²) in [4.78, 5) is 14.7. The lowest BCUT2D eigenvalue weighted by Gasteiger charge is -2.25. The second-order valence-electron chi connectivity index (χ2n) is 7.16. The maximum Gasteiger partial charge on any atom is 0.235 e. The Morgan fingerprint density at radius 3 is 1.74 bits per heavy atom. The lowest BCUT2D eigenvalue weighted by molar-refractivity contribution is 0.449. The van der Waals surface area contributed by atoms with Gasteiger partial charge in [0.25, 0.3) is 0 Å². The van der Waals surface area contributed by atoms with Gasteiger partial charge in [-0.3, -0.25) is 4.79 Å². The topological polar surface area (TPSA) is 53.7 Å². The second kappa shape index (κ2) is 7.84. The van der Waals surface area contributed by atoms with Crippen molar-refractivity contribution >= 4 is 28.0 Å². The number of rotatable bonds is 4. The van der Waals surface area contributed by atoms with Gasteiger partial charge in [-0.25, -0.2) is 0 Å². The number of hydrogen-bond donors (Lipinski definition) is 1. The third-order valence-electron chi connectivity index (χ3n) is 5.19. The first-order valence-electron chi connectivity index (χ1n) is 9.98. The molecule has 4 nitrogen and oxygen atoms in total. The SMILES string of the molecule is O=c1c(O)c(-c2ccc(N(c3ccccc3)c3ccccc3)cc2)oc2ccccc12. The largest absolute Gasteiger partial charge is 0.502 e. The van der Waals surface area contributed by atoms with Crippen molar-refractivity contribution in [1.29, 1.82) is 0 Å². The number of para-hydroxylation sites is 3. The molecule has 0 saturated carbocycles. The molecular formula is C27H19NO3. The molecule has 0 radical (unpaired) electrons. The second-order valence-corrected chi connectivity index (χ2v) is 7.16. The minimum absolute atomic E-state index is 0.168. The first-order valence-corrected chi connectivity index (χ1v) is 9.98. The first-order chi connectivity index (χ1) is 15.2. The standard InChI is InChI=1S/C27H19NO3/c29-25-23-13-7-8-14-24(23)31-27(26(25)30)19-15-17-22(18-16-19)28(20-9-3-1-4-10-20)21-11-5-2-6-12-21/h1-18,30H. The van der Waals surface area contributed by atoms with E-state index in [-0.39, 0.29) is 11.5 Å². The molecule has 0 bridgehead atoms. The summed E-state index contributed by atoms with van der Waals surface area (Å²) >= 11 is 0. The number of fused-ring (bicyclic) bond motifs is 1. The van der Waals surface area contributed by atoms with E-state index in [0.717, 1.165) is 17.1 Å². The monoisotopic (exact) mass is 405 g/mol. The molecule has 0 saturated heterocycles. The smallest absolute Gasteiger partial charge is 0.235 e. The van der Waals surface area contributed by atoms with Gasteiger partial charge in [0, 0.05) is 22.6 Å². The van der Waals surface area contributed by atoms with E-state index in [9.17, 15) is 9.90 Å². The van der Waals surface area contributed by atoms with E-state index in [1.54, 1.807) is 24.3 Å². The molecule has 0 fully saturated rings. The van der Waals surface area contributed by atoms with Gasteiger partial charge in [-0.1, -0.05) is 48.5 Å². The van der Waals surface area contributed by atoms with Crippen molar-refractivity contribution in [2.45, 2.75) is 0 Å². The van der Waals surface area contributed by atoms with E-state index in [1.807, 2.05) is 60.7 Å². The number of benzene rings is 4. The summed E-state index contributed by atoms with van der Waals surface area (Å²) in [6.07, 6.45) is 0. The molecule has 150 valence electrons. The lowest BCUT2D eigenvalue weighted by Crippen LogP contribution is -2.09. The molecule has 5 aromatic rings. The average molecular weight is 405 g/mol. The summed E-state index contributed by atoms with van der Waals surface area (Å²) in [7, 11) is 0. The van der Waals surface area contributed by atoms with Crippen LogP contribution in [0.1, 0.15) is 0 Å². The molecule has 4 aromatic carbocycles. The highest BCUT2D eigenvalue weighted by Gasteiger charge is 2.16. The van der Waals surface area contributed by atoms with Crippen LogP contribution in [0.2, 0.25) is 0 Å². The fourth-order valence-electron chi connectivity index (χ4n) is 3.69. The van der Waals surface area contributed by atoms with Crippen LogP contribution in [0.3, 0.4) is 0 Å². The average Bonchev–Trinajstić information content (AvgIpc) is 2.83. The summed E-state index contributed by atoms with van der Waals surface area (Å²) in [5.41, 5.74) is 3.65. The van der Waals surface area contributed by atoms with E-state index in [0.29, 0.717) is 16.5 Å². The summed E-state index contributed by atoms with van der Waals surface area (Å²) in [5.74, 6) is -0.212. The molecule has 1 aromatic heterocycles. The van der Waals surface area contributed by atoms with Gasteiger partial charge in [-0.2, -0.15) is 0 Å². The Labute approximate surface area is 179 Å². The number of aromatic hydroxyl groups is 1. The number of nitrogens with zero attached hydrogens (tertiary/aromatic N) is 1. The van der Waals surface area contributed by atoms with E-state index >= 15 is 0 Å². The van der Waals surface area contributed by atoms with Crippen LogP contribution in [0.4, 0.5) is 17.1 Å². The predicted molar refractivity (Wildman–Crippen MR) is 124 cm³/mol. The van der Waals surface area contributed by atoms with Crippen LogP contribution in [0.5, 0.6) is 5.75 Å². The van der Waals surface area contributed by atoms with Crippen LogP contribution < -0.4 is 10.3 Å². The molecule has 0 aliphatic rings. The van der Waals surface area contributed by atoms with Crippen molar-refractivity contribution in [1.82, 2.24) is 0 Å². The van der Waals surface area contributed by atoms with Gasteiger partial charge in [-0.15, -0.1) is 0 Å². The molecule has 4 heteroatoms. The minimum Gasteiger partial charge on any atom is -0.502 e. The Bertz CT molecular complexity index is 1350. The van der Waals surface area contributed by atoms with Gasteiger partial charge >= 0.3 is 0 Å². The van der Waals surface area contributed by atoms with Gasteiger partial charge in [0.1, 0.15) is 5.58 Å². The van der Waals surface area contributed by atoms with Crippen LogP contribution in [-0.4, -0.2) is 5.11 Å². The van der Waals surface area contributed by atoms with Gasteiger partial charge < -0.3 is 14.4 Å². The van der Waals surface area contributed by atoms with E-state index in [2.05, 4.69) is 29.2 Å². The summed E-state index contributed by atoms with van der Waals surface area (Å²) in [6.45, 7) is 0. The molecule has 0 spiro atoms. The zero-order valence-corrected chi connectivity index (χ0v) is 16.6. The molecule has 5 rings (SSSR count). The van der Waals surface area contributed by atoms with E-state index < -0.39 is 5.43 Å². The quantitative estimate of drug-likeness (QED) is 0.364. The molecule has 0 aliphatic carbocycles. The zero-order chi connectivity index (χ0) is 21.2. The Morgan fingerprint density at radius 1 is 0.613 bits per heavy atom. The van der Waals surface area contributed by atoms with Gasteiger partial charge in [0.2, 0.25) is 11.2 Å². The Kier molecular flexibility index (Phi) is 4.73. The Hall–Kier alpha value is -4.31. The van der Waals surface area contributed by atoms with Crippen molar-refractivity contribution in [2.24, 2.45) is 0 Å². The summed E-state index contributed by atoms with van der Waals surface area (Å²) < 4.78 is 5.87. The summed E-state index contributed by atoms with van der Waals surface area (Å²) in [6, 6.07) is 34.7. The number of hydrogen-bond acceptors (Lipinski definition) is 4. The maximum atomic E-state index is 12.5. The van der Waals surface area contributed by atoms with Gasteiger partial charge in [0.05, 0.1) is 5.39 Å². The maximum absolute atomic E-state index is 12.5. The molecule has 1 N–H and O–H groups in total. The van der Waals surface area contributed by atoms with E-state index in [4.69, 9.17) is 4.42 Å².